The summed E-state index contributed by atoms with van der Waals surface area (Å²) in [5.41, 5.74) is 0. The molecule has 168 valence electrons. The fraction of sp³-hybridized carbons (Fsp3) is 0.926. The molecule has 0 amide bonds. The van der Waals surface area contributed by atoms with Gasteiger partial charge in [-0.1, -0.05) is 71.3 Å². The number of allylic oxidation sites excluding steroid dienone is 1. The standard InChI is InChI=1S/C27H48O2/c1-3-5-7-9-24-20-28-27(29-21-24)19-14-23-12-17-26(18-13-23)25-15-10-22(11-16-25)8-6-4-2/h14,19,22-27H,3-13,15-18,20-21H2,1-2H3/b19-14+. The zero-order valence-corrected chi connectivity index (χ0v) is 19.5. The quantitative estimate of drug-likeness (QED) is 0.272. The van der Waals surface area contributed by atoms with E-state index in [9.17, 15) is 0 Å². The van der Waals surface area contributed by atoms with Crippen molar-refractivity contribution in [1.82, 2.24) is 0 Å². The third-order valence-corrected chi connectivity index (χ3v) is 8.09. The van der Waals surface area contributed by atoms with Gasteiger partial charge < -0.3 is 9.47 Å². The minimum atomic E-state index is -0.0893. The highest BCUT2D eigenvalue weighted by molar-refractivity contribution is 4.95. The van der Waals surface area contributed by atoms with Crippen molar-refractivity contribution in [3.63, 3.8) is 0 Å². The molecule has 29 heavy (non-hydrogen) atoms. The molecule has 2 heteroatoms. The molecule has 0 aromatic heterocycles. The van der Waals surface area contributed by atoms with Crippen LogP contribution in [-0.4, -0.2) is 19.5 Å². The summed E-state index contributed by atoms with van der Waals surface area (Å²) in [7, 11) is 0. The maximum absolute atomic E-state index is 5.96. The van der Waals surface area contributed by atoms with Crippen LogP contribution in [0.25, 0.3) is 0 Å². The molecular formula is C27H48O2. The van der Waals surface area contributed by atoms with Crippen molar-refractivity contribution in [2.45, 2.75) is 116 Å². The highest BCUT2D eigenvalue weighted by Gasteiger charge is 2.30. The minimum Gasteiger partial charge on any atom is -0.349 e. The first-order chi connectivity index (χ1) is 14.3. The summed E-state index contributed by atoms with van der Waals surface area (Å²) < 4.78 is 11.9. The molecule has 0 radical (unpaired) electrons. The minimum absolute atomic E-state index is 0.0893. The Kier molecular flexibility index (Phi) is 10.6. The lowest BCUT2D eigenvalue weighted by Gasteiger charge is -2.37. The molecule has 2 aliphatic carbocycles. The van der Waals surface area contributed by atoms with Crippen LogP contribution in [0, 0.1) is 29.6 Å². The smallest absolute Gasteiger partial charge is 0.176 e. The van der Waals surface area contributed by atoms with Crippen molar-refractivity contribution in [3.8, 4) is 0 Å². The van der Waals surface area contributed by atoms with Crippen LogP contribution < -0.4 is 0 Å². The number of rotatable bonds is 10. The Morgan fingerprint density at radius 1 is 0.621 bits per heavy atom. The molecule has 0 unspecified atom stereocenters. The van der Waals surface area contributed by atoms with Gasteiger partial charge in [-0.25, -0.2) is 0 Å². The largest absolute Gasteiger partial charge is 0.349 e. The van der Waals surface area contributed by atoms with Gasteiger partial charge in [-0.2, -0.15) is 0 Å². The molecule has 3 fully saturated rings. The van der Waals surface area contributed by atoms with E-state index in [1.807, 2.05) is 0 Å². The summed E-state index contributed by atoms with van der Waals surface area (Å²) in [4.78, 5) is 0. The highest BCUT2D eigenvalue weighted by Crippen LogP contribution is 2.42. The van der Waals surface area contributed by atoms with Crippen molar-refractivity contribution < 1.29 is 9.47 Å². The van der Waals surface area contributed by atoms with Crippen LogP contribution in [0.4, 0.5) is 0 Å². The van der Waals surface area contributed by atoms with E-state index in [1.54, 1.807) is 0 Å². The molecule has 0 aromatic carbocycles. The van der Waals surface area contributed by atoms with E-state index in [0.717, 1.165) is 36.9 Å². The molecule has 1 saturated heterocycles. The third-order valence-electron chi connectivity index (χ3n) is 8.09. The molecule has 0 spiro atoms. The van der Waals surface area contributed by atoms with Crippen LogP contribution in [0.5, 0.6) is 0 Å². The van der Waals surface area contributed by atoms with Gasteiger partial charge in [-0.05, 0) is 74.7 Å². The number of ether oxygens (including phenoxy) is 2. The van der Waals surface area contributed by atoms with Crippen LogP contribution >= 0.6 is 0 Å². The second kappa shape index (κ2) is 13.2. The number of hydrogen-bond donors (Lipinski definition) is 0. The summed E-state index contributed by atoms with van der Waals surface area (Å²) in [6, 6.07) is 0. The van der Waals surface area contributed by atoms with Crippen molar-refractivity contribution in [3.05, 3.63) is 12.2 Å². The maximum atomic E-state index is 5.96. The van der Waals surface area contributed by atoms with Crippen LogP contribution in [-0.2, 0) is 9.47 Å². The predicted octanol–water partition coefficient (Wildman–Crippen LogP) is 7.92. The SMILES string of the molecule is CCCCCC1COC(/C=C/C2CCC(C3CCC(CCCC)CC3)CC2)OC1. The van der Waals surface area contributed by atoms with Crippen LogP contribution in [0.2, 0.25) is 0 Å². The molecule has 0 N–H and O–H groups in total. The Morgan fingerprint density at radius 2 is 1.21 bits per heavy atom. The van der Waals surface area contributed by atoms with E-state index in [-0.39, 0.29) is 6.29 Å². The number of hydrogen-bond acceptors (Lipinski definition) is 2. The average molecular weight is 405 g/mol. The Hall–Kier alpha value is -0.340. The van der Waals surface area contributed by atoms with Gasteiger partial charge in [0, 0.05) is 5.92 Å². The van der Waals surface area contributed by atoms with Crippen molar-refractivity contribution in [2.75, 3.05) is 13.2 Å². The van der Waals surface area contributed by atoms with E-state index in [1.165, 1.54) is 96.3 Å². The first-order valence-corrected chi connectivity index (χ1v) is 13.2. The van der Waals surface area contributed by atoms with Crippen molar-refractivity contribution in [1.29, 1.82) is 0 Å². The van der Waals surface area contributed by atoms with E-state index in [0.29, 0.717) is 5.92 Å². The summed E-state index contributed by atoms with van der Waals surface area (Å²) >= 11 is 0. The molecule has 0 bridgehead atoms. The van der Waals surface area contributed by atoms with Crippen LogP contribution in [0.3, 0.4) is 0 Å². The van der Waals surface area contributed by atoms with Gasteiger partial charge in [0.1, 0.15) is 0 Å². The van der Waals surface area contributed by atoms with Gasteiger partial charge in [0.25, 0.3) is 0 Å². The zero-order valence-electron chi connectivity index (χ0n) is 19.5. The van der Waals surface area contributed by atoms with E-state index >= 15 is 0 Å². The van der Waals surface area contributed by atoms with Gasteiger partial charge in [-0.15, -0.1) is 0 Å². The normalized spacial score (nSPS) is 36.5. The van der Waals surface area contributed by atoms with E-state index in [2.05, 4.69) is 26.0 Å². The average Bonchev–Trinajstić information content (AvgIpc) is 2.78. The zero-order chi connectivity index (χ0) is 20.3. The monoisotopic (exact) mass is 404 g/mol. The van der Waals surface area contributed by atoms with Gasteiger partial charge in [-0.3, -0.25) is 0 Å². The summed E-state index contributed by atoms with van der Waals surface area (Å²) in [5, 5.41) is 0. The fourth-order valence-electron chi connectivity index (χ4n) is 6.02. The van der Waals surface area contributed by atoms with Crippen LogP contribution in [0.1, 0.15) is 110 Å². The van der Waals surface area contributed by atoms with E-state index in [4.69, 9.17) is 9.47 Å². The van der Waals surface area contributed by atoms with Crippen molar-refractivity contribution >= 4 is 0 Å². The maximum Gasteiger partial charge on any atom is 0.176 e. The molecule has 2 nitrogen and oxygen atoms in total. The summed E-state index contributed by atoms with van der Waals surface area (Å²) in [5.74, 6) is 4.46. The number of unbranched alkanes of at least 4 members (excludes halogenated alkanes) is 3. The Labute approximate surface area is 181 Å². The first kappa shape index (κ1) is 23.3. The second-order valence-electron chi connectivity index (χ2n) is 10.4. The van der Waals surface area contributed by atoms with Gasteiger partial charge in [0.2, 0.25) is 0 Å². The van der Waals surface area contributed by atoms with Crippen molar-refractivity contribution in [2.24, 2.45) is 29.6 Å². The third kappa shape index (κ3) is 8.02. The molecule has 3 rings (SSSR count). The van der Waals surface area contributed by atoms with E-state index < -0.39 is 0 Å². The molecule has 2 saturated carbocycles. The summed E-state index contributed by atoms with van der Waals surface area (Å²) in [6.45, 7) is 6.36. The van der Waals surface area contributed by atoms with Gasteiger partial charge in [0.05, 0.1) is 13.2 Å². The summed E-state index contributed by atoms with van der Waals surface area (Å²) in [6.07, 6.45) is 25.8. The Balaban J connectivity index is 1.28. The topological polar surface area (TPSA) is 18.5 Å². The molecule has 3 aliphatic rings. The first-order valence-electron chi connectivity index (χ1n) is 13.2. The Bertz CT molecular complexity index is 435. The lowest BCUT2D eigenvalue weighted by atomic mass is 9.68. The lowest BCUT2D eigenvalue weighted by Crippen LogP contribution is -2.31. The molecule has 0 atom stereocenters. The molecule has 0 aromatic rings. The molecular weight excluding hydrogens is 356 g/mol. The lowest BCUT2D eigenvalue weighted by molar-refractivity contribution is -0.175. The Morgan fingerprint density at radius 3 is 1.83 bits per heavy atom. The van der Waals surface area contributed by atoms with Crippen LogP contribution in [0.15, 0.2) is 12.2 Å². The van der Waals surface area contributed by atoms with Gasteiger partial charge in [0.15, 0.2) is 6.29 Å². The highest BCUT2D eigenvalue weighted by atomic mass is 16.7. The molecule has 1 aliphatic heterocycles. The fourth-order valence-corrected chi connectivity index (χ4v) is 6.02. The molecule has 1 heterocycles. The predicted molar refractivity (Wildman–Crippen MR) is 123 cm³/mol. The van der Waals surface area contributed by atoms with Gasteiger partial charge >= 0.3 is 0 Å². The second-order valence-corrected chi connectivity index (χ2v) is 10.4.